The third-order valence-electron chi connectivity index (χ3n) is 1.80. The fourth-order valence-electron chi connectivity index (χ4n) is 0.755. The van der Waals surface area contributed by atoms with Gasteiger partial charge in [-0.25, -0.2) is 4.79 Å². The second-order valence-electron chi connectivity index (χ2n) is 3.26. The Morgan fingerprint density at radius 1 is 1.28 bits per heavy atom. The van der Waals surface area contributed by atoms with Crippen LogP contribution in [0.3, 0.4) is 0 Å². The van der Waals surface area contributed by atoms with Gasteiger partial charge in [0.25, 0.3) is 0 Å². The van der Waals surface area contributed by atoms with Crippen molar-refractivity contribution in [2.24, 2.45) is 11.5 Å². The lowest BCUT2D eigenvalue weighted by atomic mass is 10.1. The van der Waals surface area contributed by atoms with Gasteiger partial charge < -0.3 is 16.6 Å². The summed E-state index contributed by atoms with van der Waals surface area (Å²) in [5.74, 6) is -2.76. The Morgan fingerprint density at radius 3 is 1.89 bits per heavy atom. The standard InChI is InChI=1S/C7H18N2.C2HF3O2.C2H6/c1-2-7(9)5-3-4-6-8;3-2(4,5)1(6)7;1-2/h7H,2-6,8-9H2,1H3;(H,6,7);1-2H3/t7-;;/m1../s1. The molecule has 0 bridgehead atoms. The summed E-state index contributed by atoms with van der Waals surface area (Å²) in [4.78, 5) is 8.90. The number of aliphatic carboxylic acids is 1. The zero-order valence-electron chi connectivity index (χ0n) is 11.3. The fraction of sp³-hybridized carbons (Fsp3) is 0.909. The molecule has 18 heavy (non-hydrogen) atoms. The van der Waals surface area contributed by atoms with Crippen LogP contribution in [0.25, 0.3) is 0 Å². The van der Waals surface area contributed by atoms with E-state index in [9.17, 15) is 13.2 Å². The van der Waals surface area contributed by atoms with E-state index in [-0.39, 0.29) is 0 Å². The first kappa shape index (κ1) is 22.4. The van der Waals surface area contributed by atoms with E-state index in [1.165, 1.54) is 6.42 Å². The van der Waals surface area contributed by atoms with E-state index in [1.54, 1.807) is 0 Å². The van der Waals surface area contributed by atoms with Crippen molar-refractivity contribution in [3.8, 4) is 0 Å². The van der Waals surface area contributed by atoms with Gasteiger partial charge in [-0.3, -0.25) is 0 Å². The van der Waals surface area contributed by atoms with Gasteiger partial charge in [-0.2, -0.15) is 13.2 Å². The molecule has 0 amide bonds. The van der Waals surface area contributed by atoms with E-state index in [0.29, 0.717) is 6.04 Å². The van der Waals surface area contributed by atoms with Gasteiger partial charge in [0.2, 0.25) is 0 Å². The Kier molecular flexibility index (Phi) is 17.7. The van der Waals surface area contributed by atoms with E-state index in [1.807, 2.05) is 13.8 Å². The van der Waals surface area contributed by atoms with Crippen LogP contribution in [0.5, 0.6) is 0 Å². The molecular formula is C11H25F3N2O2. The Hall–Kier alpha value is -0.820. The molecule has 0 aliphatic carbocycles. The maximum atomic E-state index is 10.6. The molecule has 1 atom stereocenters. The minimum atomic E-state index is -5.08. The summed E-state index contributed by atoms with van der Waals surface area (Å²) >= 11 is 0. The Labute approximate surface area is 107 Å². The van der Waals surface area contributed by atoms with Crippen LogP contribution in [0.15, 0.2) is 0 Å². The number of carboxylic acid groups (broad SMARTS) is 1. The van der Waals surface area contributed by atoms with Crippen LogP contribution in [0.1, 0.15) is 46.5 Å². The largest absolute Gasteiger partial charge is 0.490 e. The summed E-state index contributed by atoms with van der Waals surface area (Å²) in [6, 6.07) is 0.400. The van der Waals surface area contributed by atoms with E-state index in [0.717, 1.165) is 25.8 Å². The van der Waals surface area contributed by atoms with Crippen LogP contribution < -0.4 is 11.5 Å². The summed E-state index contributed by atoms with van der Waals surface area (Å²) in [5.41, 5.74) is 11.0. The molecule has 0 unspecified atom stereocenters. The number of hydrogen-bond donors (Lipinski definition) is 3. The van der Waals surface area contributed by atoms with Crippen molar-refractivity contribution in [3.05, 3.63) is 0 Å². The van der Waals surface area contributed by atoms with Crippen LogP contribution in [-0.4, -0.2) is 29.8 Å². The molecule has 0 fully saturated rings. The molecule has 112 valence electrons. The van der Waals surface area contributed by atoms with Gasteiger partial charge in [-0.1, -0.05) is 27.2 Å². The molecule has 0 aliphatic rings. The smallest absolute Gasteiger partial charge is 0.475 e. The molecule has 0 aromatic heterocycles. The van der Waals surface area contributed by atoms with Crippen molar-refractivity contribution in [1.29, 1.82) is 0 Å². The molecule has 0 heterocycles. The van der Waals surface area contributed by atoms with Crippen LogP contribution in [0.2, 0.25) is 0 Å². The summed E-state index contributed by atoms with van der Waals surface area (Å²) in [6.07, 6.45) is -0.558. The maximum absolute atomic E-state index is 10.6. The van der Waals surface area contributed by atoms with Crippen LogP contribution in [0, 0.1) is 0 Å². The molecule has 0 aliphatic heterocycles. The minimum absolute atomic E-state index is 0.400. The van der Waals surface area contributed by atoms with E-state index in [4.69, 9.17) is 21.4 Å². The fourth-order valence-corrected chi connectivity index (χ4v) is 0.755. The number of rotatable bonds is 5. The second-order valence-corrected chi connectivity index (χ2v) is 3.26. The lowest BCUT2D eigenvalue weighted by molar-refractivity contribution is -0.192. The summed E-state index contributed by atoms with van der Waals surface area (Å²) in [7, 11) is 0. The number of hydrogen-bond acceptors (Lipinski definition) is 3. The number of carboxylic acids is 1. The topological polar surface area (TPSA) is 89.3 Å². The average molecular weight is 274 g/mol. The van der Waals surface area contributed by atoms with Crippen molar-refractivity contribution in [2.75, 3.05) is 6.54 Å². The van der Waals surface area contributed by atoms with E-state index < -0.39 is 12.1 Å². The van der Waals surface area contributed by atoms with Crippen molar-refractivity contribution in [3.63, 3.8) is 0 Å². The molecular weight excluding hydrogens is 249 g/mol. The van der Waals surface area contributed by atoms with Gasteiger partial charge in [0.05, 0.1) is 0 Å². The molecule has 0 saturated carbocycles. The number of unbranched alkanes of at least 4 members (excludes halogenated alkanes) is 1. The van der Waals surface area contributed by atoms with Gasteiger partial charge in [-0.15, -0.1) is 0 Å². The van der Waals surface area contributed by atoms with Gasteiger partial charge >= 0.3 is 12.1 Å². The van der Waals surface area contributed by atoms with Gasteiger partial charge in [0.15, 0.2) is 0 Å². The van der Waals surface area contributed by atoms with Gasteiger partial charge in [-0.05, 0) is 25.8 Å². The van der Waals surface area contributed by atoms with Crippen LogP contribution in [-0.2, 0) is 4.79 Å². The van der Waals surface area contributed by atoms with Crippen molar-refractivity contribution < 1.29 is 23.1 Å². The molecule has 5 N–H and O–H groups in total. The lowest BCUT2D eigenvalue weighted by Gasteiger charge is -2.05. The highest BCUT2D eigenvalue weighted by Gasteiger charge is 2.38. The number of carbonyl (C=O) groups is 1. The number of alkyl halides is 3. The highest BCUT2D eigenvalue weighted by Crippen LogP contribution is 2.13. The number of halogens is 3. The van der Waals surface area contributed by atoms with Crippen LogP contribution in [0.4, 0.5) is 13.2 Å². The number of nitrogens with two attached hydrogens (primary N) is 2. The summed E-state index contributed by atoms with van der Waals surface area (Å²) < 4.78 is 31.7. The normalized spacial score (nSPS) is 11.6. The molecule has 0 aromatic carbocycles. The Balaban J connectivity index is -0.000000225. The van der Waals surface area contributed by atoms with Gasteiger partial charge in [0.1, 0.15) is 0 Å². The van der Waals surface area contributed by atoms with E-state index >= 15 is 0 Å². The summed E-state index contributed by atoms with van der Waals surface area (Å²) in [5, 5.41) is 7.12. The molecule has 4 nitrogen and oxygen atoms in total. The van der Waals surface area contributed by atoms with Crippen molar-refractivity contribution in [1.82, 2.24) is 0 Å². The lowest BCUT2D eigenvalue weighted by Crippen LogP contribution is -2.21. The van der Waals surface area contributed by atoms with Crippen LogP contribution >= 0.6 is 0 Å². The molecule has 0 aromatic rings. The van der Waals surface area contributed by atoms with Gasteiger partial charge in [0, 0.05) is 6.04 Å². The maximum Gasteiger partial charge on any atom is 0.490 e. The first-order valence-corrected chi connectivity index (χ1v) is 6.01. The zero-order chi connectivity index (χ0) is 15.2. The molecule has 0 saturated heterocycles. The molecule has 0 spiro atoms. The highest BCUT2D eigenvalue weighted by molar-refractivity contribution is 5.73. The first-order chi connectivity index (χ1) is 8.25. The first-order valence-electron chi connectivity index (χ1n) is 6.01. The average Bonchev–Trinajstić information content (AvgIpc) is 2.31. The van der Waals surface area contributed by atoms with E-state index in [2.05, 4.69) is 6.92 Å². The minimum Gasteiger partial charge on any atom is -0.475 e. The monoisotopic (exact) mass is 274 g/mol. The SMILES string of the molecule is CC.CC[C@@H](N)CCCCN.O=C(O)C(F)(F)F. The quantitative estimate of drug-likeness (QED) is 0.672. The third-order valence-corrected chi connectivity index (χ3v) is 1.80. The van der Waals surface area contributed by atoms with Crippen molar-refractivity contribution >= 4 is 5.97 Å². The molecule has 0 radical (unpaired) electrons. The third kappa shape index (κ3) is 20.6. The second kappa shape index (κ2) is 14.2. The van der Waals surface area contributed by atoms with Crippen molar-refractivity contribution in [2.45, 2.75) is 58.7 Å². The zero-order valence-corrected chi connectivity index (χ0v) is 11.3. The predicted octanol–water partition coefficient (Wildman–Crippen LogP) is 2.51. The molecule has 0 rings (SSSR count). The Morgan fingerprint density at radius 2 is 1.67 bits per heavy atom. The molecule has 7 heteroatoms. The Bertz CT molecular complexity index is 188. The highest BCUT2D eigenvalue weighted by atomic mass is 19.4. The summed E-state index contributed by atoms with van der Waals surface area (Å²) in [6.45, 7) is 6.92. The predicted molar refractivity (Wildman–Crippen MR) is 66.2 cm³/mol.